The van der Waals surface area contributed by atoms with Crippen molar-refractivity contribution in [3.8, 4) is 0 Å². The lowest BCUT2D eigenvalue weighted by atomic mass is 10.2. The molecule has 0 aromatic heterocycles. The van der Waals surface area contributed by atoms with Crippen molar-refractivity contribution in [3.63, 3.8) is 0 Å². The van der Waals surface area contributed by atoms with Crippen LogP contribution in [0.1, 0.15) is 24.5 Å². The molecule has 0 N–H and O–H groups in total. The Labute approximate surface area is 114 Å². The highest BCUT2D eigenvalue weighted by Crippen LogP contribution is 2.21. The summed E-state index contributed by atoms with van der Waals surface area (Å²) in [5.74, 6) is 1.01. The molecule has 3 nitrogen and oxygen atoms in total. The normalized spacial score (nSPS) is 21.3. The monoisotopic (exact) mass is 287 g/mol. The van der Waals surface area contributed by atoms with Crippen LogP contribution in [-0.4, -0.2) is 25.8 Å². The van der Waals surface area contributed by atoms with E-state index in [1.807, 2.05) is 24.3 Å². The van der Waals surface area contributed by atoms with E-state index >= 15 is 0 Å². The number of hydrogen-bond acceptors (Lipinski definition) is 2. The average molecular weight is 288 g/mol. The summed E-state index contributed by atoms with van der Waals surface area (Å²) in [7, 11) is -3.17. The van der Waals surface area contributed by atoms with Crippen LogP contribution in [0.5, 0.6) is 0 Å². The Balaban J connectivity index is 2.07. The van der Waals surface area contributed by atoms with Crippen LogP contribution in [0.25, 0.3) is 0 Å². The Morgan fingerprint density at radius 3 is 2.39 bits per heavy atom. The van der Waals surface area contributed by atoms with Gasteiger partial charge in [-0.25, -0.2) is 12.7 Å². The van der Waals surface area contributed by atoms with Crippen molar-refractivity contribution >= 4 is 21.6 Å². The summed E-state index contributed by atoms with van der Waals surface area (Å²) >= 11 is 5.71. The number of alkyl halides is 1. The lowest BCUT2D eigenvalue weighted by Crippen LogP contribution is -2.29. The summed E-state index contributed by atoms with van der Waals surface area (Å²) < 4.78 is 26.0. The predicted molar refractivity (Wildman–Crippen MR) is 74.0 cm³/mol. The van der Waals surface area contributed by atoms with E-state index in [9.17, 15) is 8.42 Å². The van der Waals surface area contributed by atoms with Crippen LogP contribution in [0.4, 0.5) is 0 Å². The Morgan fingerprint density at radius 2 is 1.89 bits per heavy atom. The fraction of sp³-hybridized carbons (Fsp3) is 0.538. The van der Waals surface area contributed by atoms with E-state index in [0.29, 0.717) is 24.9 Å². The van der Waals surface area contributed by atoms with Crippen molar-refractivity contribution in [3.05, 3.63) is 35.4 Å². The van der Waals surface area contributed by atoms with Crippen LogP contribution in [0, 0.1) is 5.92 Å². The summed E-state index contributed by atoms with van der Waals surface area (Å²) in [4.78, 5) is 0. The molecule has 1 atom stereocenters. The maximum absolute atomic E-state index is 12.2. The minimum absolute atomic E-state index is 0.0856. The Kier molecular flexibility index (Phi) is 4.30. The molecule has 0 spiro atoms. The molecule has 1 aliphatic rings. The van der Waals surface area contributed by atoms with Gasteiger partial charge in [-0.15, -0.1) is 11.6 Å². The number of benzene rings is 1. The van der Waals surface area contributed by atoms with Gasteiger partial charge in [0.15, 0.2) is 0 Å². The molecule has 0 radical (unpaired) electrons. The third-order valence-electron chi connectivity index (χ3n) is 3.31. The molecule has 1 unspecified atom stereocenters. The van der Waals surface area contributed by atoms with Crippen molar-refractivity contribution in [2.24, 2.45) is 5.92 Å². The molecule has 1 saturated heterocycles. The number of rotatable bonds is 4. The summed E-state index contributed by atoms with van der Waals surface area (Å²) in [6.45, 7) is 3.40. The van der Waals surface area contributed by atoms with Crippen LogP contribution in [0.15, 0.2) is 24.3 Å². The third kappa shape index (κ3) is 3.25. The Bertz CT molecular complexity index is 498. The van der Waals surface area contributed by atoms with E-state index in [2.05, 4.69) is 6.92 Å². The topological polar surface area (TPSA) is 37.4 Å². The van der Waals surface area contributed by atoms with Gasteiger partial charge in [0.05, 0.1) is 5.75 Å². The first-order valence-corrected chi connectivity index (χ1v) is 8.27. The highest BCUT2D eigenvalue weighted by atomic mass is 35.5. The van der Waals surface area contributed by atoms with E-state index in [0.717, 1.165) is 17.5 Å². The van der Waals surface area contributed by atoms with Gasteiger partial charge in [-0.2, -0.15) is 0 Å². The fourth-order valence-electron chi connectivity index (χ4n) is 2.17. The number of nitrogens with zero attached hydrogens (tertiary/aromatic N) is 1. The second kappa shape index (κ2) is 5.59. The van der Waals surface area contributed by atoms with E-state index < -0.39 is 10.0 Å². The Hall–Kier alpha value is -0.580. The average Bonchev–Trinajstić information content (AvgIpc) is 2.77. The van der Waals surface area contributed by atoms with Gasteiger partial charge in [0.2, 0.25) is 10.0 Å². The second-order valence-electron chi connectivity index (χ2n) is 4.96. The van der Waals surface area contributed by atoms with Crippen LogP contribution in [0.3, 0.4) is 0 Å². The van der Waals surface area contributed by atoms with Gasteiger partial charge in [-0.05, 0) is 23.5 Å². The minimum Gasteiger partial charge on any atom is -0.212 e. The molecule has 1 aromatic carbocycles. The van der Waals surface area contributed by atoms with E-state index in [1.165, 1.54) is 0 Å². The minimum atomic E-state index is -3.17. The maximum Gasteiger partial charge on any atom is 0.218 e. The fourth-order valence-corrected chi connectivity index (χ4v) is 4.01. The van der Waals surface area contributed by atoms with Crippen molar-refractivity contribution in [1.82, 2.24) is 4.31 Å². The first kappa shape index (κ1) is 13.8. The molecule has 0 saturated carbocycles. The van der Waals surface area contributed by atoms with Gasteiger partial charge in [-0.1, -0.05) is 31.2 Å². The molecule has 5 heteroatoms. The molecule has 0 aliphatic carbocycles. The van der Waals surface area contributed by atoms with Gasteiger partial charge in [0.1, 0.15) is 0 Å². The molecule has 1 heterocycles. The van der Waals surface area contributed by atoms with Crippen molar-refractivity contribution in [2.75, 3.05) is 13.1 Å². The molecule has 100 valence electrons. The summed E-state index contributed by atoms with van der Waals surface area (Å²) in [5.41, 5.74) is 1.83. The zero-order valence-corrected chi connectivity index (χ0v) is 12.0. The Morgan fingerprint density at radius 1 is 1.28 bits per heavy atom. The number of hydrogen-bond donors (Lipinski definition) is 0. The first-order valence-electron chi connectivity index (χ1n) is 6.13. The second-order valence-corrected chi connectivity index (χ2v) is 7.19. The smallest absolute Gasteiger partial charge is 0.212 e. The van der Waals surface area contributed by atoms with Gasteiger partial charge >= 0.3 is 0 Å². The van der Waals surface area contributed by atoms with Crippen LogP contribution < -0.4 is 0 Å². The van der Waals surface area contributed by atoms with Crippen molar-refractivity contribution < 1.29 is 8.42 Å². The van der Waals surface area contributed by atoms with Crippen LogP contribution in [-0.2, 0) is 21.7 Å². The largest absolute Gasteiger partial charge is 0.218 e. The number of sulfonamides is 1. The quantitative estimate of drug-likeness (QED) is 0.798. The molecule has 1 aromatic rings. The predicted octanol–water partition coefficient (Wildman–Crippen LogP) is 2.60. The number of halogens is 1. The molecule has 1 aliphatic heterocycles. The lowest BCUT2D eigenvalue weighted by Gasteiger charge is -2.16. The molecule has 2 rings (SSSR count). The van der Waals surface area contributed by atoms with Crippen molar-refractivity contribution in [1.29, 1.82) is 0 Å². The molecular weight excluding hydrogens is 270 g/mol. The maximum atomic E-state index is 12.2. The first-order chi connectivity index (χ1) is 8.51. The molecule has 18 heavy (non-hydrogen) atoms. The standard InChI is InChI=1S/C13H18ClNO2S/c1-11-6-7-15(9-11)18(16,17)10-13-4-2-12(8-14)3-5-13/h2-5,11H,6-10H2,1H3. The van der Waals surface area contributed by atoms with Crippen molar-refractivity contribution in [2.45, 2.75) is 25.0 Å². The highest BCUT2D eigenvalue weighted by molar-refractivity contribution is 7.88. The summed E-state index contributed by atoms with van der Waals surface area (Å²) in [5, 5.41) is 0. The van der Waals surface area contributed by atoms with Gasteiger partial charge in [0.25, 0.3) is 0 Å². The molecular formula is C13H18ClNO2S. The SMILES string of the molecule is CC1CCN(S(=O)(=O)Cc2ccc(CCl)cc2)C1. The molecule has 0 amide bonds. The summed E-state index contributed by atoms with van der Waals surface area (Å²) in [6, 6.07) is 7.44. The zero-order chi connectivity index (χ0) is 13.2. The highest BCUT2D eigenvalue weighted by Gasteiger charge is 2.29. The molecule has 1 fully saturated rings. The van der Waals surface area contributed by atoms with Crippen LogP contribution in [0.2, 0.25) is 0 Å². The zero-order valence-electron chi connectivity index (χ0n) is 10.5. The van der Waals surface area contributed by atoms with E-state index in [4.69, 9.17) is 11.6 Å². The van der Waals surface area contributed by atoms with Gasteiger partial charge in [-0.3, -0.25) is 0 Å². The summed E-state index contributed by atoms with van der Waals surface area (Å²) in [6.07, 6.45) is 0.963. The van der Waals surface area contributed by atoms with Gasteiger partial charge < -0.3 is 0 Å². The van der Waals surface area contributed by atoms with E-state index in [1.54, 1.807) is 4.31 Å². The third-order valence-corrected chi connectivity index (χ3v) is 5.43. The van der Waals surface area contributed by atoms with Crippen LogP contribution >= 0.6 is 11.6 Å². The lowest BCUT2D eigenvalue weighted by molar-refractivity contribution is 0.463. The van der Waals surface area contributed by atoms with Gasteiger partial charge in [0, 0.05) is 19.0 Å². The molecule has 0 bridgehead atoms. The van der Waals surface area contributed by atoms with E-state index in [-0.39, 0.29) is 5.75 Å².